The topological polar surface area (TPSA) is 67.9 Å². The zero-order valence-electron chi connectivity index (χ0n) is 13.0. The number of pyridine rings is 1. The molecule has 0 atom stereocenters. The number of H-pyrrole nitrogens is 1. The normalized spacial score (nSPS) is 11.2. The fourth-order valence-corrected chi connectivity index (χ4v) is 3.14. The van der Waals surface area contributed by atoms with Crippen LogP contribution in [0.2, 0.25) is 5.15 Å². The number of aromatic amines is 1. The number of halogens is 2. The molecule has 1 N–H and O–H groups in total. The van der Waals surface area contributed by atoms with Crippen LogP contribution in [0, 0.1) is 5.82 Å². The molecule has 4 aromatic rings. The number of rotatable bonds is 2. The van der Waals surface area contributed by atoms with Crippen LogP contribution in [-0.4, -0.2) is 28.3 Å². The molecule has 2 aromatic carbocycles. The smallest absolute Gasteiger partial charge is 0.341 e. The molecule has 25 heavy (non-hydrogen) atoms. The second-order valence-corrected chi connectivity index (χ2v) is 5.84. The Morgan fingerprint density at radius 3 is 2.72 bits per heavy atom. The molecule has 0 amide bonds. The van der Waals surface area contributed by atoms with Crippen molar-refractivity contribution in [3.05, 3.63) is 59.1 Å². The maximum Gasteiger partial charge on any atom is 0.341 e. The molecule has 0 aliphatic heterocycles. The number of methoxy groups -OCH3 is 1. The zero-order chi connectivity index (χ0) is 17.6. The molecule has 0 saturated heterocycles. The predicted molar refractivity (Wildman–Crippen MR) is 93.1 cm³/mol. The van der Waals surface area contributed by atoms with E-state index in [0.717, 1.165) is 10.9 Å². The van der Waals surface area contributed by atoms with Crippen LogP contribution in [0.1, 0.15) is 10.4 Å². The molecule has 0 fully saturated rings. The number of esters is 1. The fraction of sp³-hybridized carbons (Fsp3) is 0.0556. The molecule has 0 saturated carbocycles. The van der Waals surface area contributed by atoms with E-state index in [1.54, 1.807) is 24.4 Å². The minimum atomic E-state index is -0.606. The molecule has 0 radical (unpaired) electrons. The second kappa shape index (κ2) is 5.82. The van der Waals surface area contributed by atoms with Gasteiger partial charge < -0.3 is 4.74 Å². The van der Waals surface area contributed by atoms with Gasteiger partial charge in [0, 0.05) is 16.3 Å². The highest BCUT2D eigenvalue weighted by molar-refractivity contribution is 6.34. The minimum Gasteiger partial charge on any atom is -0.465 e. The minimum absolute atomic E-state index is 0.0255. The Labute approximate surface area is 146 Å². The third kappa shape index (κ3) is 2.51. The number of aromatic nitrogens is 3. The number of hydrogen-bond donors (Lipinski definition) is 1. The summed E-state index contributed by atoms with van der Waals surface area (Å²) in [7, 11) is 1.27. The molecule has 4 rings (SSSR count). The van der Waals surface area contributed by atoms with Crippen molar-refractivity contribution in [3.8, 4) is 11.1 Å². The Hall–Kier alpha value is -2.99. The Kier molecular flexibility index (Phi) is 3.62. The highest BCUT2D eigenvalue weighted by Crippen LogP contribution is 2.37. The molecular formula is C18H11ClFN3O2. The molecule has 0 aliphatic rings. The molecule has 5 nitrogen and oxygen atoms in total. The van der Waals surface area contributed by atoms with E-state index in [2.05, 4.69) is 15.2 Å². The number of carbonyl (C=O) groups is 1. The van der Waals surface area contributed by atoms with E-state index in [0.29, 0.717) is 22.0 Å². The van der Waals surface area contributed by atoms with Gasteiger partial charge in [-0.3, -0.25) is 5.10 Å². The first-order chi connectivity index (χ1) is 12.1. The van der Waals surface area contributed by atoms with Crippen LogP contribution in [0.3, 0.4) is 0 Å². The third-order valence-corrected chi connectivity index (χ3v) is 4.30. The lowest BCUT2D eigenvalue weighted by atomic mass is 9.95. The Morgan fingerprint density at radius 1 is 1.24 bits per heavy atom. The van der Waals surface area contributed by atoms with Gasteiger partial charge in [-0.25, -0.2) is 14.2 Å². The van der Waals surface area contributed by atoms with Gasteiger partial charge in [0.15, 0.2) is 0 Å². The molecule has 0 unspecified atom stereocenters. The highest BCUT2D eigenvalue weighted by atomic mass is 35.5. The molecule has 0 bridgehead atoms. The van der Waals surface area contributed by atoms with Crippen LogP contribution >= 0.6 is 11.6 Å². The largest absolute Gasteiger partial charge is 0.465 e. The van der Waals surface area contributed by atoms with E-state index in [4.69, 9.17) is 16.3 Å². The van der Waals surface area contributed by atoms with E-state index < -0.39 is 5.97 Å². The Morgan fingerprint density at radius 2 is 2.00 bits per heavy atom. The molecule has 0 spiro atoms. The maximum atomic E-state index is 13.3. The number of nitrogens with one attached hydrogen (secondary N) is 1. The number of benzene rings is 2. The molecule has 2 aromatic heterocycles. The average Bonchev–Trinajstić information content (AvgIpc) is 3.06. The quantitative estimate of drug-likeness (QED) is 0.428. The van der Waals surface area contributed by atoms with Gasteiger partial charge in [0.1, 0.15) is 16.5 Å². The number of carbonyl (C=O) groups excluding carboxylic acids is 1. The molecule has 7 heteroatoms. The average molecular weight is 356 g/mol. The maximum absolute atomic E-state index is 13.3. The Bertz CT molecular complexity index is 1120. The van der Waals surface area contributed by atoms with Crippen LogP contribution in [0.4, 0.5) is 4.39 Å². The van der Waals surface area contributed by atoms with Crippen molar-refractivity contribution in [2.24, 2.45) is 0 Å². The van der Waals surface area contributed by atoms with Gasteiger partial charge in [0.2, 0.25) is 0 Å². The SMILES string of the molecule is COC(=O)c1c(Cl)nc2cc3[nH]ncc3cc2c1-c1ccc(F)cc1. The first-order valence-corrected chi connectivity index (χ1v) is 7.77. The molecular weight excluding hydrogens is 345 g/mol. The van der Waals surface area contributed by atoms with Gasteiger partial charge in [0.05, 0.1) is 24.3 Å². The number of hydrogen-bond acceptors (Lipinski definition) is 4. The summed E-state index contributed by atoms with van der Waals surface area (Å²) in [5, 5.41) is 8.46. The zero-order valence-corrected chi connectivity index (χ0v) is 13.8. The summed E-state index contributed by atoms with van der Waals surface area (Å²) >= 11 is 6.28. The van der Waals surface area contributed by atoms with Crippen molar-refractivity contribution in [3.63, 3.8) is 0 Å². The van der Waals surface area contributed by atoms with Crippen molar-refractivity contribution in [1.29, 1.82) is 0 Å². The second-order valence-electron chi connectivity index (χ2n) is 5.48. The van der Waals surface area contributed by atoms with E-state index >= 15 is 0 Å². The lowest BCUT2D eigenvalue weighted by molar-refractivity contribution is 0.0601. The van der Waals surface area contributed by atoms with Crippen molar-refractivity contribution < 1.29 is 13.9 Å². The van der Waals surface area contributed by atoms with Gasteiger partial charge in [-0.05, 0) is 29.8 Å². The van der Waals surface area contributed by atoms with E-state index in [1.807, 2.05) is 6.07 Å². The molecule has 2 heterocycles. The molecule has 124 valence electrons. The summed E-state index contributed by atoms with van der Waals surface area (Å²) < 4.78 is 18.2. The van der Waals surface area contributed by atoms with Crippen LogP contribution in [-0.2, 0) is 4.74 Å². The van der Waals surface area contributed by atoms with Gasteiger partial charge in [-0.15, -0.1) is 0 Å². The van der Waals surface area contributed by atoms with Gasteiger partial charge in [0.25, 0.3) is 0 Å². The van der Waals surface area contributed by atoms with Crippen LogP contribution < -0.4 is 0 Å². The predicted octanol–water partition coefficient (Wildman–Crippen LogP) is 4.36. The van der Waals surface area contributed by atoms with Gasteiger partial charge in [-0.1, -0.05) is 23.7 Å². The monoisotopic (exact) mass is 355 g/mol. The van der Waals surface area contributed by atoms with Crippen LogP contribution in [0.15, 0.2) is 42.6 Å². The third-order valence-electron chi connectivity index (χ3n) is 4.02. The number of nitrogens with zero attached hydrogens (tertiary/aromatic N) is 2. The summed E-state index contributed by atoms with van der Waals surface area (Å²) in [5.41, 5.74) is 2.72. The van der Waals surface area contributed by atoms with Crippen molar-refractivity contribution in [1.82, 2.24) is 15.2 Å². The first-order valence-electron chi connectivity index (χ1n) is 7.39. The van der Waals surface area contributed by atoms with Gasteiger partial charge >= 0.3 is 5.97 Å². The Balaban J connectivity index is 2.16. The summed E-state index contributed by atoms with van der Waals surface area (Å²) in [6.45, 7) is 0. The number of ether oxygens (including phenoxy) is 1. The van der Waals surface area contributed by atoms with Crippen molar-refractivity contribution >= 4 is 39.4 Å². The fourth-order valence-electron chi connectivity index (χ4n) is 2.88. The summed E-state index contributed by atoms with van der Waals surface area (Å²) in [4.78, 5) is 16.6. The lowest BCUT2D eigenvalue weighted by Gasteiger charge is -2.13. The summed E-state index contributed by atoms with van der Waals surface area (Å²) in [5.74, 6) is -0.976. The van der Waals surface area contributed by atoms with Crippen LogP contribution in [0.25, 0.3) is 32.9 Å². The van der Waals surface area contributed by atoms with E-state index in [9.17, 15) is 9.18 Å². The van der Waals surface area contributed by atoms with Gasteiger partial charge in [-0.2, -0.15) is 5.10 Å². The first kappa shape index (κ1) is 15.5. The standard InChI is InChI=1S/C18H11ClFN3O2/c1-25-18(24)16-15(9-2-4-11(20)5-3-9)12-6-10-8-21-23-13(10)7-14(12)22-17(16)19/h2-8H,1H3,(H,21,23). The molecule has 0 aliphatic carbocycles. The van der Waals surface area contributed by atoms with Crippen molar-refractivity contribution in [2.75, 3.05) is 7.11 Å². The number of fused-ring (bicyclic) bond motifs is 2. The summed E-state index contributed by atoms with van der Waals surface area (Å²) in [6.07, 6.45) is 1.68. The lowest BCUT2D eigenvalue weighted by Crippen LogP contribution is -2.07. The summed E-state index contributed by atoms with van der Waals surface area (Å²) in [6, 6.07) is 9.50. The highest BCUT2D eigenvalue weighted by Gasteiger charge is 2.22. The van der Waals surface area contributed by atoms with E-state index in [-0.39, 0.29) is 16.5 Å². The van der Waals surface area contributed by atoms with Crippen molar-refractivity contribution in [2.45, 2.75) is 0 Å². The van der Waals surface area contributed by atoms with Crippen LogP contribution in [0.5, 0.6) is 0 Å². The van der Waals surface area contributed by atoms with E-state index in [1.165, 1.54) is 19.2 Å².